The van der Waals surface area contributed by atoms with Gasteiger partial charge in [0.2, 0.25) is 0 Å². The van der Waals surface area contributed by atoms with Gasteiger partial charge in [0, 0.05) is 20.1 Å². The molecule has 1 aliphatic carbocycles. The van der Waals surface area contributed by atoms with Crippen molar-refractivity contribution in [1.82, 2.24) is 25.4 Å². The molecule has 0 unspecified atom stereocenters. The number of nitrogens with one attached hydrogen (secondary N) is 2. The van der Waals surface area contributed by atoms with Crippen LogP contribution in [0.2, 0.25) is 0 Å². The lowest BCUT2D eigenvalue weighted by Gasteiger charge is -2.32. The van der Waals surface area contributed by atoms with Gasteiger partial charge >= 0.3 is 0 Å². The minimum absolute atomic E-state index is 0.409. The number of guanidine groups is 1. The van der Waals surface area contributed by atoms with E-state index in [1.54, 1.807) is 0 Å². The lowest BCUT2D eigenvalue weighted by Crippen LogP contribution is -2.43. The van der Waals surface area contributed by atoms with Gasteiger partial charge < -0.3 is 15.2 Å². The van der Waals surface area contributed by atoms with E-state index in [9.17, 15) is 0 Å². The number of hydrogen-bond acceptors (Lipinski definition) is 3. The van der Waals surface area contributed by atoms with Crippen LogP contribution in [0.5, 0.6) is 0 Å². The molecule has 1 aromatic heterocycles. The van der Waals surface area contributed by atoms with Gasteiger partial charge in [0.1, 0.15) is 12.4 Å². The number of hydrogen-bond donors (Lipinski definition) is 2. The van der Waals surface area contributed by atoms with Gasteiger partial charge in [-0.1, -0.05) is 32.8 Å². The SMILES string of the molecule is C=CCNC(=NCc1nnc(C)n1C)NCC1(CC(C)C)CCCC1. The van der Waals surface area contributed by atoms with Crippen molar-refractivity contribution >= 4 is 5.96 Å². The maximum Gasteiger partial charge on any atom is 0.191 e. The monoisotopic (exact) mass is 346 g/mol. The van der Waals surface area contributed by atoms with Crippen LogP contribution in [-0.4, -0.2) is 33.8 Å². The van der Waals surface area contributed by atoms with Gasteiger partial charge in [0.25, 0.3) is 0 Å². The summed E-state index contributed by atoms with van der Waals surface area (Å²) in [6, 6.07) is 0. The Kier molecular flexibility index (Phi) is 7.02. The Bertz CT molecular complexity index is 581. The Balaban J connectivity index is 2.02. The second-order valence-electron chi connectivity index (χ2n) is 7.72. The van der Waals surface area contributed by atoms with Crippen molar-refractivity contribution in [2.24, 2.45) is 23.4 Å². The fraction of sp³-hybridized carbons (Fsp3) is 0.737. The second-order valence-corrected chi connectivity index (χ2v) is 7.72. The predicted octanol–water partition coefficient (Wildman–Crippen LogP) is 2.95. The van der Waals surface area contributed by atoms with Gasteiger partial charge in [0.05, 0.1) is 0 Å². The van der Waals surface area contributed by atoms with Gasteiger partial charge in [-0.05, 0) is 37.5 Å². The summed E-state index contributed by atoms with van der Waals surface area (Å²) in [4.78, 5) is 4.70. The Morgan fingerprint density at radius 3 is 2.60 bits per heavy atom. The first kappa shape index (κ1) is 19.5. The lowest BCUT2D eigenvalue weighted by atomic mass is 9.78. The highest BCUT2D eigenvalue weighted by Gasteiger charge is 2.34. The zero-order valence-corrected chi connectivity index (χ0v) is 16.3. The van der Waals surface area contributed by atoms with E-state index in [2.05, 4.69) is 41.3 Å². The molecule has 2 N–H and O–H groups in total. The van der Waals surface area contributed by atoms with Crippen LogP contribution < -0.4 is 10.6 Å². The number of rotatable bonds is 8. The Morgan fingerprint density at radius 1 is 1.32 bits per heavy atom. The molecule has 0 radical (unpaired) electrons. The Labute approximate surface area is 152 Å². The number of aryl methyl sites for hydroxylation is 1. The van der Waals surface area contributed by atoms with E-state index < -0.39 is 0 Å². The van der Waals surface area contributed by atoms with Crippen LogP contribution in [0, 0.1) is 18.3 Å². The first-order valence-electron chi connectivity index (χ1n) is 9.44. The molecule has 6 nitrogen and oxygen atoms in total. The van der Waals surface area contributed by atoms with Crippen molar-refractivity contribution in [1.29, 1.82) is 0 Å². The molecule has 0 bridgehead atoms. The standard InChI is InChI=1S/C19H34N6/c1-6-11-20-18(21-13-17-24-23-16(4)25(17)5)22-14-19(12-15(2)3)9-7-8-10-19/h6,15H,1,7-14H2,2-5H3,(H2,20,21,22). The van der Waals surface area contributed by atoms with E-state index in [1.807, 2.05) is 24.6 Å². The molecule has 2 rings (SSSR count). The average molecular weight is 347 g/mol. The van der Waals surface area contributed by atoms with Crippen LogP contribution in [0.3, 0.4) is 0 Å². The molecule has 0 spiro atoms. The molecule has 1 fully saturated rings. The highest BCUT2D eigenvalue weighted by Crippen LogP contribution is 2.42. The van der Waals surface area contributed by atoms with Crippen LogP contribution >= 0.6 is 0 Å². The summed E-state index contributed by atoms with van der Waals surface area (Å²) >= 11 is 0. The van der Waals surface area contributed by atoms with Crippen molar-refractivity contribution in [3.8, 4) is 0 Å². The molecule has 6 heteroatoms. The fourth-order valence-electron chi connectivity index (χ4n) is 3.80. The lowest BCUT2D eigenvalue weighted by molar-refractivity contribution is 0.235. The molecule has 0 aliphatic heterocycles. The number of aromatic nitrogens is 3. The van der Waals surface area contributed by atoms with Crippen molar-refractivity contribution in [2.75, 3.05) is 13.1 Å². The van der Waals surface area contributed by atoms with Gasteiger partial charge in [0.15, 0.2) is 11.8 Å². The first-order chi connectivity index (χ1) is 12.0. The minimum Gasteiger partial charge on any atom is -0.356 e. The summed E-state index contributed by atoms with van der Waals surface area (Å²) < 4.78 is 1.98. The van der Waals surface area contributed by atoms with Crippen LogP contribution in [0.25, 0.3) is 0 Å². The van der Waals surface area contributed by atoms with Gasteiger partial charge in [-0.25, -0.2) is 4.99 Å². The molecule has 0 atom stereocenters. The average Bonchev–Trinajstić information content (AvgIpc) is 3.15. The van der Waals surface area contributed by atoms with Crippen molar-refractivity contribution in [3.63, 3.8) is 0 Å². The largest absolute Gasteiger partial charge is 0.356 e. The van der Waals surface area contributed by atoms with Crippen molar-refractivity contribution in [3.05, 3.63) is 24.3 Å². The van der Waals surface area contributed by atoms with Crippen LogP contribution in [0.4, 0.5) is 0 Å². The summed E-state index contributed by atoms with van der Waals surface area (Å²) in [7, 11) is 1.97. The molecule has 1 saturated carbocycles. The van der Waals surface area contributed by atoms with E-state index >= 15 is 0 Å². The third-order valence-electron chi connectivity index (χ3n) is 5.11. The summed E-state index contributed by atoms with van der Waals surface area (Å²) in [5.74, 6) is 3.33. The van der Waals surface area contributed by atoms with Gasteiger partial charge in [-0.15, -0.1) is 16.8 Å². The summed E-state index contributed by atoms with van der Waals surface area (Å²) in [6.07, 6.45) is 8.45. The molecular formula is C19H34N6. The quantitative estimate of drug-likeness (QED) is 0.431. The highest BCUT2D eigenvalue weighted by molar-refractivity contribution is 5.79. The molecule has 0 aromatic carbocycles. The minimum atomic E-state index is 0.409. The zero-order chi connectivity index (χ0) is 18.3. The molecule has 0 saturated heterocycles. The van der Waals surface area contributed by atoms with E-state index in [0.717, 1.165) is 30.1 Å². The third kappa shape index (κ3) is 5.58. The molecule has 0 amide bonds. The summed E-state index contributed by atoms with van der Waals surface area (Å²) in [6.45, 7) is 12.6. The number of aliphatic imine (C=N–C) groups is 1. The van der Waals surface area contributed by atoms with Crippen LogP contribution in [-0.2, 0) is 13.6 Å². The normalized spacial score (nSPS) is 17.1. The summed E-state index contributed by atoms with van der Waals surface area (Å²) in [5, 5.41) is 15.2. The smallest absolute Gasteiger partial charge is 0.191 e. The molecule has 25 heavy (non-hydrogen) atoms. The predicted molar refractivity (Wildman–Crippen MR) is 103 cm³/mol. The maximum absolute atomic E-state index is 4.70. The summed E-state index contributed by atoms with van der Waals surface area (Å²) in [5.41, 5.74) is 0.409. The Hall–Kier alpha value is -1.85. The topological polar surface area (TPSA) is 67.1 Å². The third-order valence-corrected chi connectivity index (χ3v) is 5.11. The van der Waals surface area contributed by atoms with Gasteiger partial charge in [-0.2, -0.15) is 0 Å². The molecule has 140 valence electrons. The van der Waals surface area contributed by atoms with E-state index in [-0.39, 0.29) is 0 Å². The van der Waals surface area contributed by atoms with Gasteiger partial charge in [-0.3, -0.25) is 0 Å². The Morgan fingerprint density at radius 2 is 2.04 bits per heavy atom. The van der Waals surface area contributed by atoms with Crippen molar-refractivity contribution < 1.29 is 0 Å². The zero-order valence-electron chi connectivity index (χ0n) is 16.3. The molecule has 1 aromatic rings. The molecular weight excluding hydrogens is 312 g/mol. The molecule has 1 aliphatic rings. The fourth-order valence-corrected chi connectivity index (χ4v) is 3.80. The van der Waals surface area contributed by atoms with E-state index in [1.165, 1.54) is 32.1 Å². The van der Waals surface area contributed by atoms with Crippen molar-refractivity contribution in [2.45, 2.75) is 59.4 Å². The highest BCUT2D eigenvalue weighted by atomic mass is 15.3. The number of nitrogens with zero attached hydrogens (tertiary/aromatic N) is 4. The van der Waals surface area contributed by atoms with E-state index in [0.29, 0.717) is 18.5 Å². The van der Waals surface area contributed by atoms with Crippen LogP contribution in [0.15, 0.2) is 17.6 Å². The first-order valence-corrected chi connectivity index (χ1v) is 9.44. The maximum atomic E-state index is 4.70. The molecule has 1 heterocycles. The van der Waals surface area contributed by atoms with E-state index in [4.69, 9.17) is 4.99 Å². The second kappa shape index (κ2) is 9.02. The van der Waals surface area contributed by atoms with Crippen LogP contribution in [0.1, 0.15) is 57.6 Å².